The van der Waals surface area contributed by atoms with Gasteiger partial charge in [0, 0.05) is 37.8 Å². The summed E-state index contributed by atoms with van der Waals surface area (Å²) in [5, 5.41) is -0.156. The first-order valence-electron chi connectivity index (χ1n) is 9.40. The van der Waals surface area contributed by atoms with Crippen molar-refractivity contribution in [2.75, 3.05) is 26.2 Å². The zero-order valence-electron chi connectivity index (χ0n) is 17.0. The lowest BCUT2D eigenvalue weighted by atomic mass is 10.0. The van der Waals surface area contributed by atoms with E-state index in [2.05, 4.69) is 4.98 Å². The molecule has 0 atom stereocenters. The summed E-state index contributed by atoms with van der Waals surface area (Å²) in [7, 11) is 0. The Hall–Kier alpha value is -3.43. The molecule has 1 aliphatic rings. The minimum Gasteiger partial charge on any atom is -0.444 e. The summed E-state index contributed by atoms with van der Waals surface area (Å²) in [5.74, 6) is -3.26. The molecule has 0 spiro atoms. The van der Waals surface area contributed by atoms with Crippen molar-refractivity contribution in [2.45, 2.75) is 26.4 Å². The maximum atomic E-state index is 14.4. The number of halogens is 1. The van der Waals surface area contributed by atoms with Crippen molar-refractivity contribution in [3.63, 3.8) is 0 Å². The zero-order chi connectivity index (χ0) is 22.2. The number of primary amides is 1. The number of nitrogens with two attached hydrogens (primary N) is 1. The van der Waals surface area contributed by atoms with Crippen molar-refractivity contribution in [1.29, 1.82) is 0 Å². The largest absolute Gasteiger partial charge is 0.444 e. The van der Waals surface area contributed by atoms with Crippen LogP contribution in [0.1, 0.15) is 41.5 Å². The molecule has 2 aromatic rings. The highest BCUT2D eigenvalue weighted by atomic mass is 19.1. The highest BCUT2D eigenvalue weighted by molar-refractivity contribution is 6.45. The van der Waals surface area contributed by atoms with E-state index in [-0.39, 0.29) is 48.2 Å². The molecule has 1 aromatic carbocycles. The minimum absolute atomic E-state index is 0.0175. The third-order valence-electron chi connectivity index (χ3n) is 4.71. The maximum absolute atomic E-state index is 14.4. The number of nitrogens with one attached hydrogen (secondary N) is 1. The van der Waals surface area contributed by atoms with E-state index in [1.54, 1.807) is 20.8 Å². The molecule has 1 saturated heterocycles. The van der Waals surface area contributed by atoms with Crippen LogP contribution in [0.2, 0.25) is 0 Å². The Labute approximate surface area is 171 Å². The lowest BCUT2D eigenvalue weighted by Crippen LogP contribution is -2.53. The summed E-state index contributed by atoms with van der Waals surface area (Å²) in [6.45, 7) is 5.97. The number of aromatic nitrogens is 1. The zero-order valence-corrected chi connectivity index (χ0v) is 17.0. The van der Waals surface area contributed by atoms with Crippen LogP contribution in [0, 0.1) is 5.82 Å². The van der Waals surface area contributed by atoms with Crippen molar-refractivity contribution in [3.05, 3.63) is 35.3 Å². The SMILES string of the molecule is CC(C)(C)OC(=O)N1CCN(C(=O)C(=O)c2c[nH]c3c(C(N)=O)ccc(F)c23)CC1. The van der Waals surface area contributed by atoms with Crippen LogP contribution in [0.4, 0.5) is 9.18 Å². The monoisotopic (exact) mass is 418 g/mol. The molecule has 3 rings (SSSR count). The summed E-state index contributed by atoms with van der Waals surface area (Å²) in [6, 6.07) is 2.24. The Balaban J connectivity index is 1.75. The summed E-state index contributed by atoms with van der Waals surface area (Å²) in [6.07, 6.45) is 0.704. The fourth-order valence-electron chi connectivity index (χ4n) is 3.27. The second kappa shape index (κ2) is 7.77. The summed E-state index contributed by atoms with van der Waals surface area (Å²) >= 11 is 0. The molecule has 0 bridgehead atoms. The molecular formula is C20H23FN4O5. The van der Waals surface area contributed by atoms with Gasteiger partial charge in [-0.3, -0.25) is 14.4 Å². The molecule has 160 valence electrons. The number of carbonyl (C=O) groups is 4. The van der Waals surface area contributed by atoms with Gasteiger partial charge in [-0.15, -0.1) is 0 Å². The van der Waals surface area contributed by atoms with E-state index in [0.29, 0.717) is 0 Å². The standard InChI is InChI=1S/C20H23FN4O5/c1-20(2,3)30-19(29)25-8-6-24(7-9-25)18(28)16(26)12-10-23-15-11(17(22)27)4-5-13(21)14(12)15/h4-5,10,23H,6-9H2,1-3H3,(H2,22,27). The molecule has 3 N–H and O–H groups in total. The Bertz CT molecular complexity index is 1030. The van der Waals surface area contributed by atoms with Gasteiger partial charge in [0.15, 0.2) is 0 Å². The molecule has 0 aliphatic carbocycles. The van der Waals surface area contributed by atoms with Gasteiger partial charge in [0.1, 0.15) is 11.4 Å². The van der Waals surface area contributed by atoms with Crippen LogP contribution >= 0.6 is 0 Å². The van der Waals surface area contributed by atoms with Gasteiger partial charge in [-0.05, 0) is 32.9 Å². The predicted molar refractivity (Wildman–Crippen MR) is 105 cm³/mol. The Kier molecular flexibility index (Phi) is 5.51. The van der Waals surface area contributed by atoms with Crippen LogP contribution in [0.15, 0.2) is 18.3 Å². The molecule has 0 saturated carbocycles. The summed E-state index contributed by atoms with van der Waals surface area (Å²) in [4.78, 5) is 54.5. The van der Waals surface area contributed by atoms with E-state index in [0.717, 1.165) is 6.07 Å². The van der Waals surface area contributed by atoms with Gasteiger partial charge in [0.05, 0.1) is 16.6 Å². The fourth-order valence-corrected chi connectivity index (χ4v) is 3.27. The topological polar surface area (TPSA) is 126 Å². The number of hydrogen-bond donors (Lipinski definition) is 2. The normalized spacial score (nSPS) is 14.7. The van der Waals surface area contributed by atoms with Crippen LogP contribution in [0.5, 0.6) is 0 Å². The average Bonchev–Trinajstić information content (AvgIpc) is 3.11. The first kappa shape index (κ1) is 21.3. The van der Waals surface area contributed by atoms with Crippen molar-refractivity contribution < 1.29 is 28.3 Å². The smallest absolute Gasteiger partial charge is 0.410 e. The van der Waals surface area contributed by atoms with Gasteiger partial charge in [0.2, 0.25) is 0 Å². The second-order valence-corrected chi connectivity index (χ2v) is 8.00. The fraction of sp³-hybridized carbons (Fsp3) is 0.400. The number of rotatable bonds is 3. The molecule has 0 radical (unpaired) electrons. The Morgan fingerprint density at radius 3 is 2.20 bits per heavy atom. The van der Waals surface area contributed by atoms with Gasteiger partial charge >= 0.3 is 6.09 Å². The number of aromatic amines is 1. The molecule has 3 amide bonds. The van der Waals surface area contributed by atoms with E-state index in [4.69, 9.17) is 10.5 Å². The second-order valence-electron chi connectivity index (χ2n) is 8.00. The van der Waals surface area contributed by atoms with Crippen LogP contribution in [0.3, 0.4) is 0 Å². The van der Waals surface area contributed by atoms with Crippen molar-refractivity contribution in [3.8, 4) is 0 Å². The molecule has 9 nitrogen and oxygen atoms in total. The number of amides is 3. The number of ether oxygens (including phenoxy) is 1. The van der Waals surface area contributed by atoms with Crippen molar-refractivity contribution in [2.24, 2.45) is 5.73 Å². The van der Waals surface area contributed by atoms with E-state index >= 15 is 0 Å². The number of hydrogen-bond acceptors (Lipinski definition) is 5. The molecule has 0 unspecified atom stereocenters. The average molecular weight is 418 g/mol. The Morgan fingerprint density at radius 1 is 1.03 bits per heavy atom. The quantitative estimate of drug-likeness (QED) is 0.579. The van der Waals surface area contributed by atoms with Crippen LogP contribution in [0.25, 0.3) is 10.9 Å². The van der Waals surface area contributed by atoms with Gasteiger partial charge in [-0.25, -0.2) is 9.18 Å². The van der Waals surface area contributed by atoms with E-state index < -0.39 is 35.1 Å². The first-order chi connectivity index (χ1) is 14.0. The summed E-state index contributed by atoms with van der Waals surface area (Å²) < 4.78 is 19.7. The lowest BCUT2D eigenvalue weighted by molar-refractivity contribution is -0.128. The number of nitrogens with zero attached hydrogens (tertiary/aromatic N) is 2. The molecule has 1 aliphatic heterocycles. The van der Waals surface area contributed by atoms with Gasteiger partial charge in [-0.1, -0.05) is 0 Å². The number of piperazine rings is 1. The van der Waals surface area contributed by atoms with Crippen LogP contribution in [-0.4, -0.2) is 70.3 Å². The van der Waals surface area contributed by atoms with E-state index in [1.807, 2.05) is 0 Å². The number of ketones is 1. The number of benzene rings is 1. The highest BCUT2D eigenvalue weighted by Crippen LogP contribution is 2.26. The third kappa shape index (κ3) is 4.12. The number of fused-ring (bicyclic) bond motifs is 1. The number of carbonyl (C=O) groups excluding carboxylic acids is 4. The van der Waals surface area contributed by atoms with Gasteiger partial charge in [-0.2, -0.15) is 0 Å². The van der Waals surface area contributed by atoms with Gasteiger partial charge in [0.25, 0.3) is 17.6 Å². The molecular weight excluding hydrogens is 395 g/mol. The minimum atomic E-state index is -0.910. The van der Waals surface area contributed by atoms with Crippen molar-refractivity contribution in [1.82, 2.24) is 14.8 Å². The molecule has 10 heteroatoms. The predicted octanol–water partition coefficient (Wildman–Crippen LogP) is 1.67. The van der Waals surface area contributed by atoms with E-state index in [1.165, 1.54) is 22.1 Å². The maximum Gasteiger partial charge on any atom is 0.410 e. The van der Waals surface area contributed by atoms with Crippen LogP contribution < -0.4 is 5.73 Å². The van der Waals surface area contributed by atoms with E-state index in [9.17, 15) is 23.6 Å². The third-order valence-corrected chi connectivity index (χ3v) is 4.71. The van der Waals surface area contributed by atoms with Gasteiger partial charge < -0.3 is 25.3 Å². The molecule has 1 aromatic heterocycles. The molecule has 30 heavy (non-hydrogen) atoms. The molecule has 1 fully saturated rings. The highest BCUT2D eigenvalue weighted by Gasteiger charge is 2.32. The van der Waals surface area contributed by atoms with Crippen LogP contribution in [-0.2, 0) is 9.53 Å². The molecule has 2 heterocycles. The first-order valence-corrected chi connectivity index (χ1v) is 9.40. The van der Waals surface area contributed by atoms with Crippen molar-refractivity contribution >= 4 is 34.6 Å². The Morgan fingerprint density at radius 2 is 1.63 bits per heavy atom. The number of Topliss-reactive ketones (excluding diaryl/α,β-unsaturated/α-hetero) is 1. The summed E-state index contributed by atoms with van der Waals surface area (Å²) in [5.41, 5.74) is 4.55. The number of H-pyrrole nitrogens is 1. The lowest BCUT2D eigenvalue weighted by Gasteiger charge is -2.35.